The lowest BCUT2D eigenvalue weighted by molar-refractivity contribution is 0.171. The van der Waals surface area contributed by atoms with E-state index in [0.717, 1.165) is 11.3 Å². The first-order chi connectivity index (χ1) is 8.86. The Morgan fingerprint density at radius 2 is 1.78 bits per heavy atom. The third kappa shape index (κ3) is 1.84. The van der Waals surface area contributed by atoms with E-state index in [4.69, 9.17) is 14.7 Å². The molecule has 0 amide bonds. The van der Waals surface area contributed by atoms with E-state index < -0.39 is 0 Å². The Labute approximate surface area is 104 Å². The highest BCUT2D eigenvalue weighted by molar-refractivity contribution is 5.61. The highest BCUT2D eigenvalue weighted by Crippen LogP contribution is 2.33. The van der Waals surface area contributed by atoms with Crippen LogP contribution in [-0.4, -0.2) is 23.2 Å². The highest BCUT2D eigenvalue weighted by Gasteiger charge is 2.13. The highest BCUT2D eigenvalue weighted by atomic mass is 16.6. The molecule has 0 atom stereocenters. The van der Waals surface area contributed by atoms with E-state index in [1.165, 1.54) is 12.4 Å². The second kappa shape index (κ2) is 4.34. The van der Waals surface area contributed by atoms with Crippen molar-refractivity contribution in [3.8, 4) is 29.0 Å². The third-order valence-electron chi connectivity index (χ3n) is 2.58. The normalized spacial score (nSPS) is 12.8. The molecule has 1 aromatic carbocycles. The molecule has 5 nitrogen and oxygen atoms in total. The quantitative estimate of drug-likeness (QED) is 0.758. The smallest absolute Gasteiger partial charge is 0.162 e. The molecule has 5 heteroatoms. The van der Waals surface area contributed by atoms with Gasteiger partial charge >= 0.3 is 0 Å². The molecule has 2 aromatic rings. The first-order valence-corrected chi connectivity index (χ1v) is 5.49. The van der Waals surface area contributed by atoms with Crippen LogP contribution >= 0.6 is 0 Å². The summed E-state index contributed by atoms with van der Waals surface area (Å²) in [4.78, 5) is 8.28. The number of rotatable bonds is 1. The molecule has 0 aliphatic carbocycles. The van der Waals surface area contributed by atoms with Crippen LogP contribution in [0.1, 0.15) is 5.56 Å². The first kappa shape index (κ1) is 10.5. The largest absolute Gasteiger partial charge is 0.486 e. The molecule has 3 rings (SSSR count). The van der Waals surface area contributed by atoms with E-state index in [9.17, 15) is 0 Å². The summed E-state index contributed by atoms with van der Waals surface area (Å²) < 4.78 is 10.9. The molecular weight excluding hydrogens is 230 g/mol. The molecule has 0 unspecified atom stereocenters. The lowest BCUT2D eigenvalue weighted by Crippen LogP contribution is -2.15. The van der Waals surface area contributed by atoms with Crippen LogP contribution in [0, 0.1) is 11.3 Å². The van der Waals surface area contributed by atoms with Gasteiger partial charge in [-0.05, 0) is 18.2 Å². The second-order valence-corrected chi connectivity index (χ2v) is 3.77. The fourth-order valence-corrected chi connectivity index (χ4v) is 1.72. The standard InChI is InChI=1S/C13H9N3O2/c14-6-9-7-15-13(16-8-9)10-1-2-11-12(5-10)18-4-3-17-11/h1-2,5,7-8H,3-4H2. The topological polar surface area (TPSA) is 68.0 Å². The zero-order valence-electron chi connectivity index (χ0n) is 9.46. The number of hydrogen-bond donors (Lipinski definition) is 0. The summed E-state index contributed by atoms with van der Waals surface area (Å²) >= 11 is 0. The van der Waals surface area contributed by atoms with Gasteiger partial charge in [-0.15, -0.1) is 0 Å². The van der Waals surface area contributed by atoms with Crippen molar-refractivity contribution in [1.82, 2.24) is 9.97 Å². The summed E-state index contributed by atoms with van der Waals surface area (Å²) in [6, 6.07) is 7.54. The molecule has 0 bridgehead atoms. The van der Waals surface area contributed by atoms with Crippen LogP contribution in [0.25, 0.3) is 11.4 Å². The van der Waals surface area contributed by atoms with E-state index >= 15 is 0 Å². The van der Waals surface area contributed by atoms with E-state index in [0.29, 0.717) is 30.4 Å². The number of nitrogens with zero attached hydrogens (tertiary/aromatic N) is 3. The van der Waals surface area contributed by atoms with Gasteiger partial charge in [0.05, 0.1) is 5.56 Å². The van der Waals surface area contributed by atoms with Crippen LogP contribution in [0.4, 0.5) is 0 Å². The van der Waals surface area contributed by atoms with Crippen molar-refractivity contribution in [3.05, 3.63) is 36.2 Å². The van der Waals surface area contributed by atoms with Crippen LogP contribution in [0.5, 0.6) is 11.5 Å². The summed E-state index contributed by atoms with van der Waals surface area (Å²) in [5.74, 6) is 2.00. The van der Waals surface area contributed by atoms with Gasteiger partial charge in [-0.1, -0.05) is 0 Å². The van der Waals surface area contributed by atoms with E-state index in [1.807, 2.05) is 24.3 Å². The van der Waals surface area contributed by atoms with E-state index in [2.05, 4.69) is 9.97 Å². The summed E-state index contributed by atoms with van der Waals surface area (Å²) in [5.41, 5.74) is 1.28. The number of benzene rings is 1. The number of aromatic nitrogens is 2. The van der Waals surface area contributed by atoms with Crippen molar-refractivity contribution in [2.24, 2.45) is 0 Å². The van der Waals surface area contributed by atoms with Gasteiger partial charge < -0.3 is 9.47 Å². The number of fused-ring (bicyclic) bond motifs is 1. The lowest BCUT2D eigenvalue weighted by atomic mass is 10.2. The van der Waals surface area contributed by atoms with E-state index in [-0.39, 0.29) is 0 Å². The summed E-state index contributed by atoms with van der Waals surface area (Å²) in [6.45, 7) is 1.12. The van der Waals surface area contributed by atoms with Gasteiger partial charge in [0.15, 0.2) is 17.3 Å². The minimum absolute atomic E-state index is 0.441. The predicted molar refractivity (Wildman–Crippen MR) is 63.2 cm³/mol. The summed E-state index contributed by atoms with van der Waals surface area (Å²) in [7, 11) is 0. The summed E-state index contributed by atoms with van der Waals surface area (Å²) in [5, 5.41) is 8.69. The molecule has 0 N–H and O–H groups in total. The molecule has 1 aromatic heterocycles. The second-order valence-electron chi connectivity index (χ2n) is 3.77. The Morgan fingerprint density at radius 3 is 2.50 bits per heavy atom. The Balaban J connectivity index is 1.98. The van der Waals surface area contributed by atoms with Gasteiger partial charge in [-0.2, -0.15) is 5.26 Å². The molecule has 2 heterocycles. The lowest BCUT2D eigenvalue weighted by Gasteiger charge is -2.18. The molecule has 0 saturated heterocycles. The predicted octanol–water partition coefficient (Wildman–Crippen LogP) is 1.79. The third-order valence-corrected chi connectivity index (χ3v) is 2.58. The van der Waals surface area contributed by atoms with Crippen molar-refractivity contribution < 1.29 is 9.47 Å². The molecule has 1 aliphatic rings. The van der Waals surface area contributed by atoms with Crippen molar-refractivity contribution in [2.75, 3.05) is 13.2 Å². The molecular formula is C13H9N3O2. The molecule has 0 saturated carbocycles. The van der Waals surface area contributed by atoms with Crippen LogP contribution < -0.4 is 9.47 Å². The molecule has 1 aliphatic heterocycles. The number of ether oxygens (including phenoxy) is 2. The maximum Gasteiger partial charge on any atom is 0.162 e. The minimum atomic E-state index is 0.441. The van der Waals surface area contributed by atoms with Crippen LogP contribution in [-0.2, 0) is 0 Å². The average Bonchev–Trinajstić information content (AvgIpc) is 2.47. The Kier molecular flexibility index (Phi) is 2.54. The monoisotopic (exact) mass is 239 g/mol. The maximum absolute atomic E-state index is 8.69. The van der Waals surface area contributed by atoms with Crippen molar-refractivity contribution >= 4 is 0 Å². The van der Waals surface area contributed by atoms with E-state index in [1.54, 1.807) is 0 Å². The van der Waals surface area contributed by atoms with Gasteiger partial charge in [0.1, 0.15) is 19.3 Å². The fourth-order valence-electron chi connectivity index (χ4n) is 1.72. The van der Waals surface area contributed by atoms with Gasteiger partial charge in [0.2, 0.25) is 0 Å². The molecule has 88 valence electrons. The summed E-state index contributed by atoms with van der Waals surface area (Å²) in [6.07, 6.45) is 3.00. The maximum atomic E-state index is 8.69. The zero-order valence-corrected chi connectivity index (χ0v) is 9.46. The van der Waals surface area contributed by atoms with Crippen molar-refractivity contribution in [2.45, 2.75) is 0 Å². The molecule has 0 radical (unpaired) electrons. The average molecular weight is 239 g/mol. The minimum Gasteiger partial charge on any atom is -0.486 e. The Morgan fingerprint density at radius 1 is 1.06 bits per heavy atom. The Hall–Kier alpha value is -2.61. The van der Waals surface area contributed by atoms with Crippen LogP contribution in [0.2, 0.25) is 0 Å². The number of nitriles is 1. The number of hydrogen-bond acceptors (Lipinski definition) is 5. The van der Waals surface area contributed by atoms with Gasteiger partial charge in [0.25, 0.3) is 0 Å². The van der Waals surface area contributed by atoms with Gasteiger partial charge in [-0.3, -0.25) is 0 Å². The van der Waals surface area contributed by atoms with Crippen LogP contribution in [0.3, 0.4) is 0 Å². The zero-order chi connectivity index (χ0) is 12.4. The van der Waals surface area contributed by atoms with Crippen LogP contribution in [0.15, 0.2) is 30.6 Å². The van der Waals surface area contributed by atoms with Gasteiger partial charge in [0, 0.05) is 18.0 Å². The molecule has 0 fully saturated rings. The molecule has 0 spiro atoms. The fraction of sp³-hybridized carbons (Fsp3) is 0.154. The van der Waals surface area contributed by atoms with Gasteiger partial charge in [-0.25, -0.2) is 9.97 Å². The Bertz CT molecular complexity index is 617. The van der Waals surface area contributed by atoms with Crippen molar-refractivity contribution in [3.63, 3.8) is 0 Å². The first-order valence-electron chi connectivity index (χ1n) is 5.49. The SMILES string of the molecule is N#Cc1cnc(-c2ccc3c(c2)OCCO3)nc1. The molecule has 18 heavy (non-hydrogen) atoms. The van der Waals surface area contributed by atoms with Crippen molar-refractivity contribution in [1.29, 1.82) is 5.26 Å².